The third kappa shape index (κ3) is 7.18. The highest BCUT2D eigenvalue weighted by molar-refractivity contribution is 7.89. The molecule has 0 spiro atoms. The van der Waals surface area contributed by atoms with Crippen molar-refractivity contribution >= 4 is 15.9 Å². The normalized spacial score (nSPS) is 22.3. The van der Waals surface area contributed by atoms with Crippen LogP contribution in [-0.2, 0) is 21.2 Å². The van der Waals surface area contributed by atoms with Gasteiger partial charge >= 0.3 is 0 Å². The van der Waals surface area contributed by atoms with Crippen molar-refractivity contribution < 1.29 is 23.1 Å². The Morgan fingerprint density at radius 3 is 2.62 bits per heavy atom. The number of aliphatic hydroxyl groups is 1. The van der Waals surface area contributed by atoms with Crippen molar-refractivity contribution in [3.63, 3.8) is 0 Å². The maximum Gasteiger partial charge on any atom is 0.247 e. The first-order valence-corrected chi connectivity index (χ1v) is 15.2. The fraction of sp³-hybridized carbons (Fsp3) is 0.533. The molecule has 1 aliphatic carbocycles. The van der Waals surface area contributed by atoms with Crippen molar-refractivity contribution in [1.29, 1.82) is 0 Å². The molecule has 39 heavy (non-hydrogen) atoms. The van der Waals surface area contributed by atoms with Gasteiger partial charge in [-0.1, -0.05) is 38.0 Å². The number of rotatable bonds is 6. The van der Waals surface area contributed by atoms with Gasteiger partial charge in [0.25, 0.3) is 0 Å². The van der Waals surface area contributed by atoms with E-state index in [0.29, 0.717) is 11.5 Å². The van der Waals surface area contributed by atoms with Gasteiger partial charge in [0.15, 0.2) is 0 Å². The average Bonchev–Trinajstić information content (AvgIpc) is 2.94. The molecule has 0 unspecified atom stereocenters. The molecule has 0 bridgehead atoms. The molecular formula is C30H39N3O5S. The number of likely N-dealkylation sites (N-methyl/N-ethyl adjacent to an activating group) is 1. The lowest BCUT2D eigenvalue weighted by atomic mass is 9.90. The summed E-state index contributed by atoms with van der Waals surface area (Å²) in [6, 6.07) is 7.99. The molecule has 2 aromatic rings. The summed E-state index contributed by atoms with van der Waals surface area (Å²) in [5.74, 6) is 6.87. The van der Waals surface area contributed by atoms with Crippen LogP contribution in [0.15, 0.2) is 47.6 Å². The first kappa shape index (κ1) is 29.1. The number of amides is 1. The van der Waals surface area contributed by atoms with Crippen LogP contribution in [0.1, 0.15) is 57.1 Å². The minimum absolute atomic E-state index is 0.0497. The fourth-order valence-corrected chi connectivity index (χ4v) is 6.96. The molecule has 1 aromatic heterocycles. The van der Waals surface area contributed by atoms with Crippen LogP contribution in [0.3, 0.4) is 0 Å². The maximum absolute atomic E-state index is 13.7. The summed E-state index contributed by atoms with van der Waals surface area (Å²) in [5.41, 5.74) is 1.57. The van der Waals surface area contributed by atoms with Gasteiger partial charge in [-0.2, -0.15) is 4.31 Å². The second-order valence-corrected chi connectivity index (χ2v) is 12.7. The molecule has 1 aliphatic heterocycles. The van der Waals surface area contributed by atoms with Gasteiger partial charge < -0.3 is 14.7 Å². The number of ether oxygens (including phenoxy) is 1. The van der Waals surface area contributed by atoms with Crippen molar-refractivity contribution in [2.45, 2.75) is 69.4 Å². The molecule has 1 aromatic carbocycles. The topological polar surface area (TPSA) is 100 Å². The Hall–Kier alpha value is -2.93. The van der Waals surface area contributed by atoms with E-state index in [-0.39, 0.29) is 48.6 Å². The fourth-order valence-electron chi connectivity index (χ4n) is 5.14. The third-order valence-corrected chi connectivity index (χ3v) is 9.70. The van der Waals surface area contributed by atoms with Crippen LogP contribution in [0.25, 0.3) is 0 Å². The molecule has 1 fully saturated rings. The van der Waals surface area contributed by atoms with E-state index in [0.717, 1.165) is 18.4 Å². The number of pyridine rings is 1. The number of hydrogen-bond donors (Lipinski definition) is 1. The van der Waals surface area contributed by atoms with E-state index < -0.39 is 22.2 Å². The number of aromatic nitrogens is 1. The van der Waals surface area contributed by atoms with Gasteiger partial charge in [0.05, 0.1) is 19.6 Å². The summed E-state index contributed by atoms with van der Waals surface area (Å²) in [6.45, 7) is 3.74. The summed E-state index contributed by atoms with van der Waals surface area (Å²) in [7, 11) is -2.20. The number of sulfonamides is 1. The van der Waals surface area contributed by atoms with Gasteiger partial charge in [0.2, 0.25) is 15.9 Å². The molecule has 0 saturated heterocycles. The molecule has 1 saturated carbocycles. The van der Waals surface area contributed by atoms with Gasteiger partial charge in [0.1, 0.15) is 16.7 Å². The second-order valence-electron chi connectivity index (χ2n) is 10.8. The van der Waals surface area contributed by atoms with Crippen LogP contribution in [0.5, 0.6) is 5.75 Å². The van der Waals surface area contributed by atoms with Crippen LogP contribution in [0.2, 0.25) is 0 Å². The van der Waals surface area contributed by atoms with Crippen molar-refractivity contribution in [2.75, 3.05) is 26.7 Å². The smallest absolute Gasteiger partial charge is 0.247 e. The zero-order valence-electron chi connectivity index (χ0n) is 23.0. The van der Waals surface area contributed by atoms with Crippen LogP contribution < -0.4 is 4.74 Å². The van der Waals surface area contributed by atoms with E-state index in [1.165, 1.54) is 23.6 Å². The molecule has 2 heterocycles. The van der Waals surface area contributed by atoms with Crippen molar-refractivity contribution in [1.82, 2.24) is 14.2 Å². The maximum atomic E-state index is 13.7. The number of carbonyl (C=O) groups excluding carboxylic acids is 1. The minimum Gasteiger partial charge on any atom is -0.487 e. The van der Waals surface area contributed by atoms with E-state index in [1.807, 2.05) is 19.1 Å². The number of fused-ring (bicyclic) bond motifs is 1. The number of hydrogen-bond acceptors (Lipinski definition) is 6. The number of benzene rings is 1. The van der Waals surface area contributed by atoms with Crippen LogP contribution >= 0.6 is 0 Å². The summed E-state index contributed by atoms with van der Waals surface area (Å²) in [4.78, 5) is 18.7. The van der Waals surface area contributed by atoms with Gasteiger partial charge in [-0.15, -0.1) is 0 Å². The highest BCUT2D eigenvalue weighted by Crippen LogP contribution is 2.34. The molecule has 9 heteroatoms. The monoisotopic (exact) mass is 553 g/mol. The third-order valence-electron chi connectivity index (χ3n) is 7.68. The van der Waals surface area contributed by atoms with Crippen LogP contribution in [-0.4, -0.2) is 72.5 Å². The Bertz CT molecular complexity index is 1300. The number of carbonyl (C=O) groups is 1. The Kier molecular flexibility index (Phi) is 9.65. The molecule has 1 amide bonds. The molecule has 8 nitrogen and oxygen atoms in total. The largest absolute Gasteiger partial charge is 0.487 e. The van der Waals surface area contributed by atoms with Gasteiger partial charge in [-0.25, -0.2) is 8.42 Å². The molecular weight excluding hydrogens is 514 g/mol. The predicted molar refractivity (Wildman–Crippen MR) is 149 cm³/mol. The number of nitrogens with zero attached hydrogens (tertiary/aromatic N) is 3. The Balaban J connectivity index is 1.64. The molecule has 3 atom stereocenters. The second kappa shape index (κ2) is 12.9. The van der Waals surface area contributed by atoms with Gasteiger partial charge in [-0.3, -0.25) is 9.78 Å². The Morgan fingerprint density at radius 1 is 1.21 bits per heavy atom. The minimum atomic E-state index is -3.93. The molecule has 210 valence electrons. The molecule has 2 aliphatic rings. The molecule has 1 N–H and O–H groups in total. The quantitative estimate of drug-likeness (QED) is 0.550. The van der Waals surface area contributed by atoms with Crippen molar-refractivity contribution in [3.05, 3.63) is 53.9 Å². The molecule has 0 radical (unpaired) electrons. The zero-order valence-corrected chi connectivity index (χ0v) is 23.9. The average molecular weight is 554 g/mol. The van der Waals surface area contributed by atoms with E-state index >= 15 is 0 Å². The SMILES string of the molecule is C[C@@H]1CN([C@@H](C)CO)S(=O)(=O)c2ccc(C#CC3CCCCC3)cc2O[C@H]1CN(C)C(=O)Cc1ccncc1. The van der Waals surface area contributed by atoms with Gasteiger partial charge in [-0.05, 0) is 55.7 Å². The first-order valence-electron chi connectivity index (χ1n) is 13.8. The lowest BCUT2D eigenvalue weighted by Crippen LogP contribution is -2.50. The Morgan fingerprint density at radius 2 is 1.92 bits per heavy atom. The Labute approximate surface area is 232 Å². The van der Waals surface area contributed by atoms with Crippen molar-refractivity contribution in [2.24, 2.45) is 11.8 Å². The highest BCUT2D eigenvalue weighted by Gasteiger charge is 2.38. The van der Waals surface area contributed by atoms with Gasteiger partial charge in [0, 0.05) is 49.4 Å². The van der Waals surface area contributed by atoms with Crippen LogP contribution in [0.4, 0.5) is 0 Å². The standard InChI is InChI=1S/C30H39N3O5S/c1-22-19-33(23(2)21-34)39(36,37)29-12-11-25(10-9-24-7-5-4-6-8-24)17-27(29)38-28(22)20-32(3)30(35)18-26-13-15-31-16-14-26/h11-17,22-24,28,34H,4-8,18-21H2,1-3H3/t22-,23+,28+/m1/s1. The summed E-state index contributed by atoms with van der Waals surface area (Å²) in [6.07, 6.45) is 8.90. The van der Waals surface area contributed by atoms with E-state index in [2.05, 4.69) is 16.8 Å². The number of aliphatic hydroxyl groups excluding tert-OH is 1. The van der Waals surface area contributed by atoms with E-state index in [4.69, 9.17) is 4.74 Å². The summed E-state index contributed by atoms with van der Waals surface area (Å²) < 4.78 is 35.2. The molecule has 4 rings (SSSR count). The lowest BCUT2D eigenvalue weighted by molar-refractivity contribution is -0.130. The highest BCUT2D eigenvalue weighted by atomic mass is 32.2. The summed E-state index contributed by atoms with van der Waals surface area (Å²) in [5, 5.41) is 9.86. The van der Waals surface area contributed by atoms with Crippen LogP contribution in [0, 0.1) is 23.7 Å². The lowest BCUT2D eigenvalue weighted by Gasteiger charge is -2.37. The van der Waals surface area contributed by atoms with Crippen molar-refractivity contribution in [3.8, 4) is 17.6 Å². The summed E-state index contributed by atoms with van der Waals surface area (Å²) >= 11 is 0. The first-order chi connectivity index (χ1) is 18.7. The van der Waals surface area contributed by atoms with E-state index in [1.54, 1.807) is 49.5 Å². The predicted octanol–water partition coefficient (Wildman–Crippen LogP) is 3.48. The zero-order chi connectivity index (χ0) is 28.0. The van der Waals surface area contributed by atoms with E-state index in [9.17, 15) is 18.3 Å².